The van der Waals surface area contributed by atoms with E-state index in [1.54, 1.807) is 30.3 Å². The number of esters is 1. The number of benzene rings is 2. The SMILES string of the molecule is COC(=O)c1ccc2c(=O)n(-c3ccc(C(=O)NCCN4CCCC4)cc3)c(=S)[nH]c2c1. The van der Waals surface area contributed by atoms with Crippen molar-refractivity contribution in [2.75, 3.05) is 33.3 Å². The first-order chi connectivity index (χ1) is 15.5. The fourth-order valence-corrected chi connectivity index (χ4v) is 4.19. The van der Waals surface area contributed by atoms with Gasteiger partial charge in [0.25, 0.3) is 11.5 Å². The third kappa shape index (κ3) is 4.49. The van der Waals surface area contributed by atoms with Crippen molar-refractivity contribution in [2.45, 2.75) is 12.8 Å². The third-order valence-corrected chi connectivity index (χ3v) is 5.90. The van der Waals surface area contributed by atoms with Gasteiger partial charge in [-0.05, 0) is 80.6 Å². The Balaban J connectivity index is 1.54. The summed E-state index contributed by atoms with van der Waals surface area (Å²) in [7, 11) is 1.30. The van der Waals surface area contributed by atoms with Crippen molar-refractivity contribution in [2.24, 2.45) is 0 Å². The predicted octanol–water partition coefficient (Wildman–Crippen LogP) is 2.66. The number of aromatic nitrogens is 2. The second-order valence-corrected chi connectivity index (χ2v) is 8.06. The summed E-state index contributed by atoms with van der Waals surface area (Å²) < 4.78 is 6.28. The zero-order chi connectivity index (χ0) is 22.7. The van der Waals surface area contributed by atoms with Gasteiger partial charge in [0.2, 0.25) is 0 Å². The van der Waals surface area contributed by atoms with Gasteiger partial charge in [0.1, 0.15) is 0 Å². The zero-order valence-corrected chi connectivity index (χ0v) is 18.5. The summed E-state index contributed by atoms with van der Waals surface area (Å²) in [5, 5.41) is 3.32. The average Bonchev–Trinajstić information content (AvgIpc) is 3.32. The summed E-state index contributed by atoms with van der Waals surface area (Å²) in [5.74, 6) is -0.646. The summed E-state index contributed by atoms with van der Waals surface area (Å²) in [6.45, 7) is 3.64. The zero-order valence-electron chi connectivity index (χ0n) is 17.7. The van der Waals surface area contributed by atoms with Gasteiger partial charge in [-0.25, -0.2) is 4.79 Å². The van der Waals surface area contributed by atoms with E-state index in [2.05, 4.69) is 15.2 Å². The van der Waals surface area contributed by atoms with Gasteiger partial charge in [-0.1, -0.05) is 0 Å². The highest BCUT2D eigenvalue weighted by Gasteiger charge is 2.14. The standard InChI is InChI=1S/C23H24N4O4S/c1-31-22(30)16-6-9-18-19(14-16)25-23(32)27(21(18)29)17-7-4-15(5-8-17)20(28)24-10-13-26-11-2-3-12-26/h4-9,14H,2-3,10-13H2,1H3,(H,24,28)(H,25,32). The fourth-order valence-electron chi connectivity index (χ4n) is 3.89. The Hall–Kier alpha value is -3.30. The molecule has 32 heavy (non-hydrogen) atoms. The van der Waals surface area contributed by atoms with Crippen LogP contribution in [0, 0.1) is 4.77 Å². The number of ether oxygens (including phenoxy) is 1. The first-order valence-electron chi connectivity index (χ1n) is 10.5. The van der Waals surface area contributed by atoms with Crippen molar-refractivity contribution >= 4 is 35.0 Å². The Morgan fingerprint density at radius 2 is 1.78 bits per heavy atom. The van der Waals surface area contributed by atoms with Crippen LogP contribution in [0.3, 0.4) is 0 Å². The fraction of sp³-hybridized carbons (Fsp3) is 0.304. The molecule has 3 aromatic rings. The molecule has 9 heteroatoms. The number of carbonyl (C=O) groups is 2. The van der Waals surface area contributed by atoms with Crippen molar-refractivity contribution in [3.8, 4) is 5.69 Å². The third-order valence-electron chi connectivity index (χ3n) is 5.62. The summed E-state index contributed by atoms with van der Waals surface area (Å²) in [6.07, 6.45) is 2.44. The number of hydrogen-bond donors (Lipinski definition) is 2. The van der Waals surface area contributed by atoms with Gasteiger partial charge in [0.15, 0.2) is 4.77 Å². The van der Waals surface area contributed by atoms with Crippen molar-refractivity contribution in [1.82, 2.24) is 19.8 Å². The van der Waals surface area contributed by atoms with E-state index >= 15 is 0 Å². The molecular formula is C23H24N4O4S. The molecule has 0 spiro atoms. The number of nitrogens with zero attached hydrogens (tertiary/aromatic N) is 2. The van der Waals surface area contributed by atoms with Gasteiger partial charge < -0.3 is 19.9 Å². The summed E-state index contributed by atoms with van der Waals surface area (Å²) in [4.78, 5) is 42.6. The van der Waals surface area contributed by atoms with Gasteiger partial charge in [0, 0.05) is 18.7 Å². The maximum absolute atomic E-state index is 13.1. The molecule has 0 saturated carbocycles. The molecule has 0 radical (unpaired) electrons. The Kier molecular flexibility index (Phi) is 6.48. The number of fused-ring (bicyclic) bond motifs is 1. The van der Waals surface area contributed by atoms with Crippen LogP contribution < -0.4 is 10.9 Å². The lowest BCUT2D eigenvalue weighted by Gasteiger charge is -2.14. The van der Waals surface area contributed by atoms with Gasteiger partial charge in [0.05, 0.1) is 29.3 Å². The Bertz CT molecular complexity index is 1270. The molecule has 1 amide bonds. The van der Waals surface area contributed by atoms with E-state index in [-0.39, 0.29) is 16.2 Å². The number of hydrogen-bond acceptors (Lipinski definition) is 6. The molecule has 8 nitrogen and oxygen atoms in total. The first-order valence-corrected chi connectivity index (χ1v) is 10.9. The van der Waals surface area contributed by atoms with Gasteiger partial charge in [-0.2, -0.15) is 0 Å². The summed E-state index contributed by atoms with van der Waals surface area (Å²) >= 11 is 5.39. The number of likely N-dealkylation sites (tertiary alicyclic amines) is 1. The number of carbonyl (C=O) groups excluding carboxylic acids is 2. The molecule has 1 aliphatic heterocycles. The van der Waals surface area contributed by atoms with Crippen LogP contribution in [0.2, 0.25) is 0 Å². The minimum absolute atomic E-state index is 0.151. The molecule has 2 heterocycles. The maximum atomic E-state index is 13.1. The number of methoxy groups -OCH3 is 1. The highest BCUT2D eigenvalue weighted by Crippen LogP contribution is 2.15. The molecular weight excluding hydrogens is 428 g/mol. The van der Waals surface area contributed by atoms with Crippen molar-refractivity contribution < 1.29 is 14.3 Å². The van der Waals surface area contributed by atoms with Gasteiger partial charge in [-0.3, -0.25) is 14.2 Å². The molecule has 0 atom stereocenters. The number of rotatable bonds is 6. The average molecular weight is 453 g/mol. The maximum Gasteiger partial charge on any atom is 0.337 e. The lowest BCUT2D eigenvalue weighted by atomic mass is 10.1. The van der Waals surface area contributed by atoms with E-state index < -0.39 is 5.97 Å². The van der Waals surface area contributed by atoms with Gasteiger partial charge in [-0.15, -0.1) is 0 Å². The second-order valence-electron chi connectivity index (χ2n) is 7.67. The van der Waals surface area contributed by atoms with Crippen molar-refractivity contribution in [1.29, 1.82) is 0 Å². The molecule has 2 N–H and O–H groups in total. The number of aromatic amines is 1. The second kappa shape index (κ2) is 9.46. The van der Waals surface area contributed by atoms with Crippen molar-refractivity contribution in [3.63, 3.8) is 0 Å². The Labute approximate surface area is 189 Å². The molecule has 166 valence electrons. The number of amides is 1. The molecule has 0 unspecified atom stereocenters. The smallest absolute Gasteiger partial charge is 0.337 e. The van der Waals surface area contributed by atoms with Crippen LogP contribution in [0.15, 0.2) is 47.3 Å². The molecule has 1 aromatic heterocycles. The Morgan fingerprint density at radius 3 is 2.47 bits per heavy atom. The van der Waals surface area contributed by atoms with Crippen LogP contribution in [0.1, 0.15) is 33.6 Å². The molecule has 1 saturated heterocycles. The minimum atomic E-state index is -0.496. The molecule has 1 aliphatic rings. The Morgan fingerprint density at radius 1 is 1.09 bits per heavy atom. The van der Waals surface area contributed by atoms with Crippen LogP contribution in [0.5, 0.6) is 0 Å². The lowest BCUT2D eigenvalue weighted by Crippen LogP contribution is -2.33. The number of H-pyrrole nitrogens is 1. The monoisotopic (exact) mass is 452 g/mol. The normalized spacial score (nSPS) is 13.9. The first kappa shape index (κ1) is 21.9. The van der Waals surface area contributed by atoms with Crippen LogP contribution in [0.25, 0.3) is 16.6 Å². The van der Waals surface area contributed by atoms with Crippen LogP contribution in [0.4, 0.5) is 0 Å². The lowest BCUT2D eigenvalue weighted by molar-refractivity contribution is 0.0600. The van der Waals surface area contributed by atoms with Gasteiger partial charge >= 0.3 is 5.97 Å². The summed E-state index contributed by atoms with van der Waals surface area (Å²) in [5.41, 5.74) is 1.52. The largest absolute Gasteiger partial charge is 0.465 e. The molecule has 0 aliphatic carbocycles. The number of nitrogens with one attached hydrogen (secondary N) is 2. The van der Waals surface area contributed by atoms with Crippen molar-refractivity contribution in [3.05, 3.63) is 68.7 Å². The van der Waals surface area contributed by atoms with Crippen LogP contribution in [-0.2, 0) is 4.74 Å². The molecule has 2 aromatic carbocycles. The topological polar surface area (TPSA) is 96.4 Å². The molecule has 4 rings (SSSR count). The van der Waals surface area contributed by atoms with Crippen LogP contribution >= 0.6 is 12.2 Å². The highest BCUT2D eigenvalue weighted by molar-refractivity contribution is 7.71. The van der Waals surface area contributed by atoms with E-state index in [4.69, 9.17) is 17.0 Å². The van der Waals surface area contributed by atoms with E-state index in [9.17, 15) is 14.4 Å². The van der Waals surface area contributed by atoms with Crippen LogP contribution in [-0.4, -0.2) is 59.6 Å². The minimum Gasteiger partial charge on any atom is -0.465 e. The van der Waals surface area contributed by atoms with E-state index in [1.807, 2.05) is 0 Å². The predicted molar refractivity (Wildman–Crippen MR) is 124 cm³/mol. The summed E-state index contributed by atoms with van der Waals surface area (Å²) in [6, 6.07) is 11.4. The molecule has 0 bridgehead atoms. The highest BCUT2D eigenvalue weighted by atomic mass is 32.1. The quantitative estimate of drug-likeness (QED) is 0.441. The van der Waals surface area contributed by atoms with E-state index in [0.29, 0.717) is 34.3 Å². The van der Waals surface area contributed by atoms with E-state index in [1.165, 1.54) is 36.7 Å². The van der Waals surface area contributed by atoms with E-state index in [0.717, 1.165) is 19.6 Å². The molecule has 1 fully saturated rings.